The second-order valence-electron chi connectivity index (χ2n) is 7.02. The van der Waals surface area contributed by atoms with Crippen LogP contribution in [-0.2, 0) is 13.0 Å². The summed E-state index contributed by atoms with van der Waals surface area (Å²) in [4.78, 5) is 4.85. The number of nitrogens with zero attached hydrogens (tertiary/aromatic N) is 1. The Hall–Kier alpha value is -0.930. The minimum atomic E-state index is -0.405. The van der Waals surface area contributed by atoms with Gasteiger partial charge in [-0.2, -0.15) is 0 Å². The van der Waals surface area contributed by atoms with E-state index in [-0.39, 0.29) is 6.61 Å². The maximum absolute atomic E-state index is 10.6. The molecule has 20 heavy (non-hydrogen) atoms. The van der Waals surface area contributed by atoms with Crippen LogP contribution in [0.25, 0.3) is 0 Å². The standard InChI is InChI=1S/C17H25NO2/c1-10(2)16-12(9-19)11(3)15-13(18-16)7-17(5-4-6-17)8-14(15)20/h10,14,19-20H,4-9H2,1-3H3. The number of aliphatic hydroxyl groups is 2. The van der Waals surface area contributed by atoms with Crippen molar-refractivity contribution in [2.24, 2.45) is 5.41 Å². The zero-order valence-electron chi connectivity index (χ0n) is 12.7. The first-order valence-electron chi connectivity index (χ1n) is 7.78. The summed E-state index contributed by atoms with van der Waals surface area (Å²) >= 11 is 0. The third-order valence-corrected chi connectivity index (χ3v) is 5.35. The van der Waals surface area contributed by atoms with E-state index in [1.54, 1.807) is 0 Å². The Balaban J connectivity index is 2.13. The highest BCUT2D eigenvalue weighted by Crippen LogP contribution is 2.53. The van der Waals surface area contributed by atoms with Crippen molar-refractivity contribution in [3.05, 3.63) is 28.1 Å². The molecule has 1 spiro atoms. The molecular weight excluding hydrogens is 250 g/mol. The fourth-order valence-corrected chi connectivity index (χ4v) is 4.10. The number of hydrogen-bond acceptors (Lipinski definition) is 3. The first-order chi connectivity index (χ1) is 9.47. The fourth-order valence-electron chi connectivity index (χ4n) is 4.10. The molecule has 2 N–H and O–H groups in total. The summed E-state index contributed by atoms with van der Waals surface area (Å²) in [5.74, 6) is 0.303. The largest absolute Gasteiger partial charge is 0.392 e. The Morgan fingerprint density at radius 2 is 2.05 bits per heavy atom. The van der Waals surface area contributed by atoms with Crippen LogP contribution in [0.15, 0.2) is 0 Å². The summed E-state index contributed by atoms with van der Waals surface area (Å²) < 4.78 is 0. The second kappa shape index (κ2) is 4.81. The average molecular weight is 275 g/mol. The summed E-state index contributed by atoms with van der Waals surface area (Å²) in [6.45, 7) is 6.27. The molecule has 0 aromatic carbocycles. The Bertz CT molecular complexity index is 532. The highest BCUT2D eigenvalue weighted by molar-refractivity contribution is 5.44. The van der Waals surface area contributed by atoms with Crippen molar-refractivity contribution in [1.82, 2.24) is 4.98 Å². The van der Waals surface area contributed by atoms with Gasteiger partial charge >= 0.3 is 0 Å². The van der Waals surface area contributed by atoms with Gasteiger partial charge in [-0.25, -0.2) is 0 Å². The molecule has 0 aliphatic heterocycles. The molecular formula is C17H25NO2. The molecule has 110 valence electrons. The van der Waals surface area contributed by atoms with Crippen LogP contribution < -0.4 is 0 Å². The van der Waals surface area contributed by atoms with Gasteiger partial charge in [0.15, 0.2) is 0 Å². The highest BCUT2D eigenvalue weighted by Gasteiger charge is 2.44. The predicted molar refractivity (Wildman–Crippen MR) is 78.6 cm³/mol. The first kappa shape index (κ1) is 14.0. The molecule has 3 rings (SSSR count). The molecule has 0 bridgehead atoms. The van der Waals surface area contributed by atoms with E-state index in [4.69, 9.17) is 4.98 Å². The van der Waals surface area contributed by atoms with E-state index in [1.807, 2.05) is 6.92 Å². The zero-order chi connectivity index (χ0) is 14.5. The van der Waals surface area contributed by atoms with Crippen molar-refractivity contribution in [2.75, 3.05) is 0 Å². The lowest BCUT2D eigenvalue weighted by Crippen LogP contribution is -2.38. The van der Waals surface area contributed by atoms with Gasteiger partial charge < -0.3 is 10.2 Å². The van der Waals surface area contributed by atoms with Gasteiger partial charge in [0.1, 0.15) is 0 Å². The van der Waals surface area contributed by atoms with Gasteiger partial charge in [0.2, 0.25) is 0 Å². The molecule has 3 heteroatoms. The normalized spacial score (nSPS) is 23.8. The molecule has 2 aliphatic rings. The first-order valence-corrected chi connectivity index (χ1v) is 7.78. The molecule has 1 unspecified atom stereocenters. The average Bonchev–Trinajstić information content (AvgIpc) is 2.35. The minimum absolute atomic E-state index is 0.0114. The van der Waals surface area contributed by atoms with Crippen molar-refractivity contribution in [3.63, 3.8) is 0 Å². The van der Waals surface area contributed by atoms with E-state index in [9.17, 15) is 10.2 Å². The molecule has 1 aromatic heterocycles. The summed E-state index contributed by atoms with van der Waals surface area (Å²) in [5.41, 5.74) is 5.37. The fraction of sp³-hybridized carbons (Fsp3) is 0.706. The Morgan fingerprint density at radius 3 is 2.55 bits per heavy atom. The maximum atomic E-state index is 10.6. The second-order valence-corrected chi connectivity index (χ2v) is 7.02. The molecule has 0 radical (unpaired) electrons. The van der Waals surface area contributed by atoms with Crippen molar-refractivity contribution in [1.29, 1.82) is 0 Å². The SMILES string of the molecule is Cc1c(CO)c(C(C)C)nc2c1C(O)CC1(CCC1)C2. The zero-order valence-corrected chi connectivity index (χ0v) is 12.7. The van der Waals surface area contributed by atoms with E-state index >= 15 is 0 Å². The van der Waals surface area contributed by atoms with E-state index in [2.05, 4.69) is 13.8 Å². The van der Waals surface area contributed by atoms with Crippen LogP contribution in [0.2, 0.25) is 0 Å². The van der Waals surface area contributed by atoms with Crippen LogP contribution in [0.4, 0.5) is 0 Å². The van der Waals surface area contributed by atoms with E-state index in [0.717, 1.165) is 40.9 Å². The summed E-state index contributed by atoms with van der Waals surface area (Å²) in [6, 6.07) is 0. The number of aliphatic hydroxyl groups excluding tert-OH is 2. The molecule has 3 nitrogen and oxygen atoms in total. The Morgan fingerprint density at radius 1 is 1.35 bits per heavy atom. The molecule has 0 amide bonds. The Labute approximate surface area is 121 Å². The van der Waals surface area contributed by atoms with Gasteiger partial charge in [0, 0.05) is 22.5 Å². The molecule has 2 aliphatic carbocycles. The monoisotopic (exact) mass is 275 g/mol. The van der Waals surface area contributed by atoms with Crippen LogP contribution in [0.1, 0.15) is 79.6 Å². The van der Waals surface area contributed by atoms with Gasteiger partial charge in [0.05, 0.1) is 12.7 Å². The third-order valence-electron chi connectivity index (χ3n) is 5.35. The lowest BCUT2D eigenvalue weighted by molar-refractivity contribution is 0.0238. The number of aromatic nitrogens is 1. The number of rotatable bonds is 2. The van der Waals surface area contributed by atoms with E-state index in [1.165, 1.54) is 19.3 Å². The smallest absolute Gasteiger partial charge is 0.0815 e. The van der Waals surface area contributed by atoms with Crippen LogP contribution in [0, 0.1) is 12.3 Å². The van der Waals surface area contributed by atoms with Crippen LogP contribution in [0.3, 0.4) is 0 Å². The summed E-state index contributed by atoms with van der Waals surface area (Å²) in [7, 11) is 0. The number of fused-ring (bicyclic) bond motifs is 1. The minimum Gasteiger partial charge on any atom is -0.392 e. The van der Waals surface area contributed by atoms with Crippen molar-refractivity contribution < 1.29 is 10.2 Å². The molecule has 0 saturated heterocycles. The predicted octanol–water partition coefficient (Wildman–Crippen LogP) is 3.16. The van der Waals surface area contributed by atoms with E-state index < -0.39 is 6.10 Å². The summed E-state index contributed by atoms with van der Waals surface area (Å²) in [6.07, 6.45) is 5.21. The lowest BCUT2D eigenvalue weighted by atomic mass is 9.59. The number of hydrogen-bond donors (Lipinski definition) is 2. The van der Waals surface area contributed by atoms with Crippen molar-refractivity contribution in [2.45, 2.75) is 71.5 Å². The maximum Gasteiger partial charge on any atom is 0.0815 e. The summed E-state index contributed by atoms with van der Waals surface area (Å²) in [5, 5.41) is 20.2. The number of pyridine rings is 1. The third kappa shape index (κ3) is 1.99. The quantitative estimate of drug-likeness (QED) is 0.871. The molecule has 1 aromatic rings. The van der Waals surface area contributed by atoms with Gasteiger partial charge in [0.25, 0.3) is 0 Å². The van der Waals surface area contributed by atoms with Gasteiger partial charge in [-0.05, 0) is 49.5 Å². The van der Waals surface area contributed by atoms with Crippen LogP contribution in [-0.4, -0.2) is 15.2 Å². The van der Waals surface area contributed by atoms with Gasteiger partial charge in [-0.15, -0.1) is 0 Å². The van der Waals surface area contributed by atoms with Crippen LogP contribution in [0.5, 0.6) is 0 Å². The molecule has 1 fully saturated rings. The van der Waals surface area contributed by atoms with Crippen LogP contribution >= 0.6 is 0 Å². The lowest BCUT2D eigenvalue weighted by Gasteiger charge is -2.47. The van der Waals surface area contributed by atoms with E-state index in [0.29, 0.717) is 11.3 Å². The van der Waals surface area contributed by atoms with Gasteiger partial charge in [-0.1, -0.05) is 20.3 Å². The highest BCUT2D eigenvalue weighted by atomic mass is 16.3. The molecule has 1 heterocycles. The topological polar surface area (TPSA) is 53.4 Å². The molecule has 1 atom stereocenters. The molecule has 1 saturated carbocycles. The van der Waals surface area contributed by atoms with Crippen molar-refractivity contribution >= 4 is 0 Å². The van der Waals surface area contributed by atoms with Gasteiger partial charge in [-0.3, -0.25) is 4.98 Å². The Kier molecular flexibility index (Phi) is 3.38. The van der Waals surface area contributed by atoms with Crippen molar-refractivity contribution in [3.8, 4) is 0 Å².